The third kappa shape index (κ3) is 3.30. The minimum atomic E-state index is -0.0498. The van der Waals surface area contributed by atoms with Gasteiger partial charge >= 0.3 is 0 Å². The third-order valence-corrected chi connectivity index (χ3v) is 4.42. The van der Waals surface area contributed by atoms with Gasteiger partial charge in [0, 0.05) is 36.8 Å². The van der Waals surface area contributed by atoms with Crippen LogP contribution in [0, 0.1) is 0 Å². The average molecular weight is 341 g/mol. The van der Waals surface area contributed by atoms with Crippen LogP contribution in [0.1, 0.15) is 30.1 Å². The van der Waals surface area contributed by atoms with Gasteiger partial charge in [-0.2, -0.15) is 0 Å². The summed E-state index contributed by atoms with van der Waals surface area (Å²) in [6.07, 6.45) is 3.63. The number of anilines is 1. The largest absolute Gasteiger partial charge is 0.383 e. The van der Waals surface area contributed by atoms with E-state index in [2.05, 4.69) is 32.7 Å². The van der Waals surface area contributed by atoms with Crippen LogP contribution in [0.2, 0.25) is 0 Å². The Morgan fingerprint density at radius 1 is 1.55 bits per heavy atom. The zero-order chi connectivity index (χ0) is 14.7. The second kappa shape index (κ2) is 6.54. The van der Waals surface area contributed by atoms with Crippen molar-refractivity contribution in [2.24, 2.45) is 0 Å². The number of amides is 1. The lowest BCUT2D eigenvalue weighted by molar-refractivity contribution is 0.0647. The maximum absolute atomic E-state index is 12.5. The number of likely N-dealkylation sites (tertiary alicyclic amines) is 1. The van der Waals surface area contributed by atoms with E-state index < -0.39 is 0 Å². The van der Waals surface area contributed by atoms with E-state index in [0.29, 0.717) is 5.56 Å². The number of aromatic nitrogens is 1. The fourth-order valence-electron chi connectivity index (χ4n) is 2.60. The van der Waals surface area contributed by atoms with E-state index in [4.69, 9.17) is 5.73 Å². The molecule has 1 aliphatic rings. The summed E-state index contributed by atoms with van der Waals surface area (Å²) in [6, 6.07) is 2.02. The number of carbonyl (C=O) groups excluding carboxylic acids is 1. The molecule has 1 amide bonds. The Morgan fingerprint density at radius 2 is 2.20 bits per heavy atom. The van der Waals surface area contributed by atoms with Crippen LogP contribution in [0.25, 0.3) is 0 Å². The van der Waals surface area contributed by atoms with Gasteiger partial charge in [0.1, 0.15) is 5.82 Å². The van der Waals surface area contributed by atoms with Crippen molar-refractivity contribution in [1.82, 2.24) is 14.8 Å². The van der Waals surface area contributed by atoms with Gasteiger partial charge in [0.05, 0.1) is 5.56 Å². The number of hydrogen-bond acceptors (Lipinski definition) is 4. The average Bonchev–Trinajstić information content (AvgIpc) is 2.48. The molecule has 1 saturated heterocycles. The molecule has 6 heteroatoms. The monoisotopic (exact) mass is 340 g/mol. The lowest BCUT2D eigenvalue weighted by Crippen LogP contribution is -2.45. The van der Waals surface area contributed by atoms with Crippen LogP contribution >= 0.6 is 15.9 Å². The zero-order valence-corrected chi connectivity index (χ0v) is 13.6. The van der Waals surface area contributed by atoms with Crippen molar-refractivity contribution < 1.29 is 4.79 Å². The molecule has 2 rings (SSSR count). The molecule has 1 aromatic rings. The van der Waals surface area contributed by atoms with E-state index in [1.54, 1.807) is 12.3 Å². The number of nitrogens with two attached hydrogens (primary N) is 1. The van der Waals surface area contributed by atoms with E-state index in [1.165, 1.54) is 0 Å². The van der Waals surface area contributed by atoms with Crippen LogP contribution in [0.4, 0.5) is 5.82 Å². The number of nitrogens with zero attached hydrogens (tertiary/aromatic N) is 3. The maximum atomic E-state index is 12.5. The molecule has 2 N–H and O–H groups in total. The van der Waals surface area contributed by atoms with E-state index in [0.717, 1.165) is 36.9 Å². The van der Waals surface area contributed by atoms with Gasteiger partial charge in [0.25, 0.3) is 5.91 Å². The minimum absolute atomic E-state index is 0.0498. The van der Waals surface area contributed by atoms with Crippen LogP contribution in [0.15, 0.2) is 16.7 Å². The van der Waals surface area contributed by atoms with Gasteiger partial charge in [0.2, 0.25) is 0 Å². The van der Waals surface area contributed by atoms with Gasteiger partial charge in [-0.25, -0.2) is 4.98 Å². The topological polar surface area (TPSA) is 62.5 Å². The molecule has 110 valence electrons. The van der Waals surface area contributed by atoms with Crippen molar-refractivity contribution in [2.75, 3.05) is 32.4 Å². The number of piperidine rings is 1. The highest BCUT2D eigenvalue weighted by molar-refractivity contribution is 9.10. The van der Waals surface area contributed by atoms with Gasteiger partial charge in [-0.15, -0.1) is 0 Å². The van der Waals surface area contributed by atoms with Crippen molar-refractivity contribution in [3.63, 3.8) is 0 Å². The molecule has 0 unspecified atom stereocenters. The van der Waals surface area contributed by atoms with E-state index in [9.17, 15) is 4.79 Å². The number of halogens is 1. The van der Waals surface area contributed by atoms with Crippen LogP contribution in [0.3, 0.4) is 0 Å². The van der Waals surface area contributed by atoms with Crippen LogP contribution in [-0.2, 0) is 0 Å². The Bertz CT molecular complexity index is 486. The van der Waals surface area contributed by atoms with Crippen LogP contribution < -0.4 is 5.73 Å². The lowest BCUT2D eigenvalue weighted by atomic mass is 10.0. The van der Waals surface area contributed by atoms with Gasteiger partial charge in [-0.3, -0.25) is 4.79 Å². The van der Waals surface area contributed by atoms with E-state index >= 15 is 0 Å². The highest BCUT2D eigenvalue weighted by Crippen LogP contribution is 2.21. The number of pyridine rings is 1. The van der Waals surface area contributed by atoms with Gasteiger partial charge < -0.3 is 15.5 Å². The SMILES string of the molecule is CCN1CCC(N(C)C(=O)c2cc(Br)cnc2N)CC1. The smallest absolute Gasteiger partial charge is 0.257 e. The molecular weight excluding hydrogens is 320 g/mol. The number of hydrogen-bond donors (Lipinski definition) is 1. The highest BCUT2D eigenvalue weighted by Gasteiger charge is 2.26. The summed E-state index contributed by atoms with van der Waals surface area (Å²) in [7, 11) is 1.86. The molecule has 1 aromatic heterocycles. The summed E-state index contributed by atoms with van der Waals surface area (Å²) in [5, 5.41) is 0. The van der Waals surface area contributed by atoms with Crippen molar-refractivity contribution in [3.8, 4) is 0 Å². The number of carbonyl (C=O) groups is 1. The van der Waals surface area contributed by atoms with Gasteiger partial charge in [-0.1, -0.05) is 6.92 Å². The molecule has 0 aromatic carbocycles. The standard InChI is InChI=1S/C14H21BrN4O/c1-3-19-6-4-11(5-7-19)18(2)14(20)12-8-10(15)9-17-13(12)16/h8-9,11H,3-7H2,1-2H3,(H2,16,17). The highest BCUT2D eigenvalue weighted by atomic mass is 79.9. The molecule has 0 bridgehead atoms. The second-order valence-electron chi connectivity index (χ2n) is 5.17. The van der Waals surface area contributed by atoms with Crippen molar-refractivity contribution in [1.29, 1.82) is 0 Å². The minimum Gasteiger partial charge on any atom is -0.383 e. The molecule has 0 aliphatic carbocycles. The predicted molar refractivity (Wildman–Crippen MR) is 83.6 cm³/mol. The molecule has 0 spiro atoms. The lowest BCUT2D eigenvalue weighted by Gasteiger charge is -2.36. The third-order valence-electron chi connectivity index (χ3n) is 3.99. The first-order valence-electron chi connectivity index (χ1n) is 6.93. The van der Waals surface area contributed by atoms with Crippen LogP contribution in [0.5, 0.6) is 0 Å². The Morgan fingerprint density at radius 3 is 2.80 bits per heavy atom. The molecule has 0 atom stereocenters. The quantitative estimate of drug-likeness (QED) is 0.913. The molecular formula is C14H21BrN4O. The summed E-state index contributed by atoms with van der Waals surface area (Å²) in [5.41, 5.74) is 6.29. The maximum Gasteiger partial charge on any atom is 0.257 e. The zero-order valence-electron chi connectivity index (χ0n) is 12.0. The summed E-state index contributed by atoms with van der Waals surface area (Å²) < 4.78 is 0.768. The normalized spacial score (nSPS) is 17.1. The Balaban J connectivity index is 2.07. The fraction of sp³-hybridized carbons (Fsp3) is 0.571. The molecule has 2 heterocycles. The fourth-order valence-corrected chi connectivity index (χ4v) is 2.93. The molecule has 0 saturated carbocycles. The summed E-state index contributed by atoms with van der Waals surface area (Å²) in [4.78, 5) is 20.8. The van der Waals surface area contributed by atoms with Gasteiger partial charge in [0.15, 0.2) is 0 Å². The molecule has 0 radical (unpaired) electrons. The summed E-state index contributed by atoms with van der Waals surface area (Å²) in [6.45, 7) is 5.34. The molecule has 5 nitrogen and oxygen atoms in total. The molecule has 20 heavy (non-hydrogen) atoms. The van der Waals surface area contributed by atoms with Crippen molar-refractivity contribution >= 4 is 27.7 Å². The predicted octanol–water partition coefficient (Wildman–Crippen LogP) is 1.98. The Hall–Kier alpha value is -1.14. The van der Waals surface area contributed by atoms with Gasteiger partial charge in [-0.05, 0) is 41.4 Å². The van der Waals surface area contributed by atoms with E-state index in [-0.39, 0.29) is 17.8 Å². The Labute approximate surface area is 128 Å². The first kappa shape index (κ1) is 15.3. The number of rotatable bonds is 3. The van der Waals surface area contributed by atoms with Crippen molar-refractivity contribution in [3.05, 3.63) is 22.3 Å². The molecule has 1 aliphatic heterocycles. The number of nitrogen functional groups attached to an aromatic ring is 1. The first-order chi connectivity index (χ1) is 9.52. The summed E-state index contributed by atoms with van der Waals surface area (Å²) in [5.74, 6) is 0.238. The van der Waals surface area contributed by atoms with Crippen molar-refractivity contribution in [2.45, 2.75) is 25.8 Å². The molecule has 1 fully saturated rings. The summed E-state index contributed by atoms with van der Waals surface area (Å²) >= 11 is 3.33. The Kier molecular flexibility index (Phi) is 4.99. The van der Waals surface area contributed by atoms with E-state index in [1.807, 2.05) is 11.9 Å². The van der Waals surface area contributed by atoms with Crippen LogP contribution in [-0.4, -0.2) is 53.4 Å². The second-order valence-corrected chi connectivity index (χ2v) is 6.08. The first-order valence-corrected chi connectivity index (χ1v) is 7.72.